The first-order valence-electron chi connectivity index (χ1n) is 7.97. The van der Waals surface area contributed by atoms with Crippen molar-refractivity contribution in [1.29, 1.82) is 0 Å². The monoisotopic (exact) mass is 299 g/mol. The largest absolute Gasteiger partial charge is 0.339 e. The Kier molecular flexibility index (Phi) is 6.65. The van der Waals surface area contributed by atoms with Gasteiger partial charge in [0, 0.05) is 38.0 Å². The van der Waals surface area contributed by atoms with Crippen LogP contribution in [0.2, 0.25) is 0 Å². The third kappa shape index (κ3) is 5.26. The lowest BCUT2D eigenvalue weighted by Crippen LogP contribution is -2.50. The zero-order valence-corrected chi connectivity index (χ0v) is 13.8. The molecule has 1 amide bonds. The van der Waals surface area contributed by atoms with Crippen molar-refractivity contribution in [2.24, 2.45) is 5.92 Å². The molecule has 0 aromatic rings. The van der Waals surface area contributed by atoms with E-state index in [0.29, 0.717) is 22.8 Å². The molecule has 0 aromatic heterocycles. The molecular weight excluding hydrogens is 270 g/mol. The molecule has 0 radical (unpaired) electrons. The van der Waals surface area contributed by atoms with E-state index in [1.54, 1.807) is 0 Å². The molecule has 4 nitrogen and oxygen atoms in total. The topological polar surface area (TPSA) is 35.6 Å². The molecule has 1 N–H and O–H groups in total. The fraction of sp³-hybridized carbons (Fsp3) is 0.933. The molecule has 2 aliphatic rings. The van der Waals surface area contributed by atoms with E-state index in [9.17, 15) is 4.79 Å². The molecule has 0 atom stereocenters. The summed E-state index contributed by atoms with van der Waals surface area (Å²) in [6.45, 7) is 11.8. The highest BCUT2D eigenvalue weighted by atomic mass is 32.2. The average Bonchev–Trinajstić information content (AvgIpc) is 2.46. The molecule has 2 rings (SSSR count). The summed E-state index contributed by atoms with van der Waals surface area (Å²) in [5, 5.41) is 4.05. The van der Waals surface area contributed by atoms with E-state index in [1.165, 1.54) is 12.8 Å². The summed E-state index contributed by atoms with van der Waals surface area (Å²) in [4.78, 5) is 16.8. The lowest BCUT2D eigenvalue weighted by Gasteiger charge is -2.35. The van der Waals surface area contributed by atoms with Crippen LogP contribution in [0.25, 0.3) is 0 Å². The van der Waals surface area contributed by atoms with Gasteiger partial charge in [-0.3, -0.25) is 9.69 Å². The van der Waals surface area contributed by atoms with Gasteiger partial charge in [-0.1, -0.05) is 13.8 Å². The molecule has 2 saturated heterocycles. The number of carbonyl (C=O) groups excluding carboxylic acids is 1. The van der Waals surface area contributed by atoms with Crippen molar-refractivity contribution in [2.45, 2.75) is 31.9 Å². The maximum absolute atomic E-state index is 12.2. The fourth-order valence-corrected chi connectivity index (χ4v) is 4.07. The highest BCUT2D eigenvalue weighted by molar-refractivity contribution is 8.00. The first-order valence-corrected chi connectivity index (χ1v) is 9.02. The van der Waals surface area contributed by atoms with Crippen LogP contribution in [0.15, 0.2) is 0 Å². The average molecular weight is 299 g/mol. The van der Waals surface area contributed by atoms with Gasteiger partial charge in [-0.2, -0.15) is 0 Å². The number of hydrogen-bond donors (Lipinski definition) is 1. The van der Waals surface area contributed by atoms with Gasteiger partial charge in [0.1, 0.15) is 0 Å². The summed E-state index contributed by atoms with van der Waals surface area (Å²) in [6, 6.07) is 0. The van der Waals surface area contributed by atoms with Crippen molar-refractivity contribution in [3.63, 3.8) is 0 Å². The molecular formula is C15H29N3OS. The Labute approximate surface area is 127 Å². The third-order valence-electron chi connectivity index (χ3n) is 4.08. The van der Waals surface area contributed by atoms with E-state index in [4.69, 9.17) is 0 Å². The van der Waals surface area contributed by atoms with Crippen LogP contribution in [0, 0.1) is 5.92 Å². The molecule has 0 spiro atoms. The smallest absolute Gasteiger partial charge is 0.232 e. The van der Waals surface area contributed by atoms with Gasteiger partial charge in [0.2, 0.25) is 5.91 Å². The molecule has 5 heteroatoms. The van der Waals surface area contributed by atoms with E-state index >= 15 is 0 Å². The summed E-state index contributed by atoms with van der Waals surface area (Å²) in [6.07, 6.45) is 2.42. The first kappa shape index (κ1) is 16.1. The molecule has 20 heavy (non-hydrogen) atoms. The first-order chi connectivity index (χ1) is 9.65. The van der Waals surface area contributed by atoms with Crippen molar-refractivity contribution < 1.29 is 4.79 Å². The summed E-state index contributed by atoms with van der Waals surface area (Å²) in [5.41, 5.74) is 0. The number of nitrogens with zero attached hydrogens (tertiary/aromatic N) is 2. The molecule has 2 fully saturated rings. The summed E-state index contributed by atoms with van der Waals surface area (Å²) in [5.74, 6) is 1.74. The second kappa shape index (κ2) is 8.25. The minimum Gasteiger partial charge on any atom is -0.339 e. The number of carbonyl (C=O) groups is 1. The number of amides is 1. The summed E-state index contributed by atoms with van der Waals surface area (Å²) in [7, 11) is 0. The van der Waals surface area contributed by atoms with Crippen LogP contribution in [-0.4, -0.2) is 72.5 Å². The Balaban J connectivity index is 1.64. The zero-order valence-electron chi connectivity index (χ0n) is 12.9. The van der Waals surface area contributed by atoms with Gasteiger partial charge < -0.3 is 10.2 Å². The molecule has 116 valence electrons. The number of rotatable bonds is 5. The van der Waals surface area contributed by atoms with Crippen LogP contribution in [0.5, 0.6) is 0 Å². The minimum atomic E-state index is 0.345. The summed E-state index contributed by atoms with van der Waals surface area (Å²) >= 11 is 1.87. The SMILES string of the molecule is CC(C)CN1CCN(C(=O)CSC2CCNCC2)CC1. The van der Waals surface area contributed by atoms with E-state index in [2.05, 4.69) is 29.0 Å². The van der Waals surface area contributed by atoms with Crippen molar-refractivity contribution >= 4 is 17.7 Å². The lowest BCUT2D eigenvalue weighted by molar-refractivity contribution is -0.130. The normalized spacial score (nSPS) is 22.4. The molecule has 0 aromatic carbocycles. The maximum atomic E-state index is 12.2. The molecule has 0 bridgehead atoms. The lowest BCUT2D eigenvalue weighted by atomic mass is 10.2. The Morgan fingerprint density at radius 3 is 2.45 bits per heavy atom. The third-order valence-corrected chi connectivity index (χ3v) is 5.43. The number of nitrogens with one attached hydrogen (secondary N) is 1. The Hall–Kier alpha value is -0.260. The minimum absolute atomic E-state index is 0.345. The van der Waals surface area contributed by atoms with Crippen LogP contribution in [-0.2, 0) is 4.79 Å². The predicted molar refractivity (Wildman–Crippen MR) is 86.2 cm³/mol. The molecule has 0 saturated carbocycles. The van der Waals surface area contributed by atoms with E-state index in [1.807, 2.05) is 11.8 Å². The predicted octanol–water partition coefficient (Wildman–Crippen LogP) is 1.27. The number of piperidine rings is 1. The van der Waals surface area contributed by atoms with Crippen molar-refractivity contribution in [1.82, 2.24) is 15.1 Å². The molecule has 0 aliphatic carbocycles. The van der Waals surface area contributed by atoms with Gasteiger partial charge in [0.05, 0.1) is 5.75 Å². The van der Waals surface area contributed by atoms with E-state index in [-0.39, 0.29) is 0 Å². The van der Waals surface area contributed by atoms with Crippen LogP contribution in [0.1, 0.15) is 26.7 Å². The molecule has 2 heterocycles. The number of hydrogen-bond acceptors (Lipinski definition) is 4. The molecule has 2 aliphatic heterocycles. The van der Waals surface area contributed by atoms with Gasteiger partial charge in [0.15, 0.2) is 0 Å². The highest BCUT2D eigenvalue weighted by Crippen LogP contribution is 2.20. The quantitative estimate of drug-likeness (QED) is 0.829. The van der Waals surface area contributed by atoms with Gasteiger partial charge in [-0.15, -0.1) is 11.8 Å². The van der Waals surface area contributed by atoms with Crippen LogP contribution in [0.3, 0.4) is 0 Å². The van der Waals surface area contributed by atoms with Gasteiger partial charge in [0.25, 0.3) is 0 Å². The van der Waals surface area contributed by atoms with Crippen molar-refractivity contribution in [2.75, 3.05) is 51.6 Å². The summed E-state index contributed by atoms with van der Waals surface area (Å²) < 4.78 is 0. The Bertz CT molecular complexity index is 297. The van der Waals surface area contributed by atoms with Crippen molar-refractivity contribution in [3.05, 3.63) is 0 Å². The van der Waals surface area contributed by atoms with Crippen LogP contribution in [0.4, 0.5) is 0 Å². The molecule has 0 unspecified atom stereocenters. The van der Waals surface area contributed by atoms with Crippen LogP contribution >= 0.6 is 11.8 Å². The Morgan fingerprint density at radius 1 is 1.20 bits per heavy atom. The van der Waals surface area contributed by atoms with Crippen molar-refractivity contribution in [3.8, 4) is 0 Å². The van der Waals surface area contributed by atoms with E-state index < -0.39 is 0 Å². The van der Waals surface area contributed by atoms with Gasteiger partial charge in [-0.05, 0) is 31.8 Å². The Morgan fingerprint density at radius 2 is 1.85 bits per heavy atom. The maximum Gasteiger partial charge on any atom is 0.232 e. The highest BCUT2D eigenvalue weighted by Gasteiger charge is 2.22. The number of piperazine rings is 1. The fourth-order valence-electron chi connectivity index (χ4n) is 2.94. The van der Waals surface area contributed by atoms with Gasteiger partial charge >= 0.3 is 0 Å². The zero-order chi connectivity index (χ0) is 14.4. The standard InChI is InChI=1S/C15H29N3OS/c1-13(2)11-17-7-9-18(10-8-17)15(19)12-20-14-3-5-16-6-4-14/h13-14,16H,3-12H2,1-2H3. The van der Waals surface area contributed by atoms with Crippen LogP contribution < -0.4 is 5.32 Å². The number of thioether (sulfide) groups is 1. The second-order valence-electron chi connectivity index (χ2n) is 6.34. The second-order valence-corrected chi connectivity index (χ2v) is 7.62. The van der Waals surface area contributed by atoms with Gasteiger partial charge in [-0.25, -0.2) is 0 Å². The van der Waals surface area contributed by atoms with E-state index in [0.717, 1.165) is 45.8 Å².